The van der Waals surface area contributed by atoms with Crippen molar-refractivity contribution in [2.75, 3.05) is 20.6 Å². The number of esters is 1. The largest absolute Gasteiger partial charge is 0.481 e. The highest BCUT2D eigenvalue weighted by Crippen LogP contribution is 2.32. The highest BCUT2D eigenvalue weighted by Gasteiger charge is 2.22. The molecule has 1 heterocycles. The van der Waals surface area contributed by atoms with Crippen LogP contribution in [0.3, 0.4) is 0 Å². The number of nitrogens with zero attached hydrogens (tertiary/aromatic N) is 1. The Hall–Kier alpha value is -3.01. The number of carbonyl (C=O) groups excluding carboxylic acids is 2. The van der Waals surface area contributed by atoms with E-state index in [1.165, 1.54) is 4.90 Å². The molecular formula is C17H22N2O8. The number of amides is 1. The van der Waals surface area contributed by atoms with Gasteiger partial charge in [0.2, 0.25) is 13.6 Å². The van der Waals surface area contributed by atoms with Crippen LogP contribution in [0.1, 0.15) is 18.9 Å². The predicted molar refractivity (Wildman–Crippen MR) is 91.2 cm³/mol. The minimum Gasteiger partial charge on any atom is -0.481 e. The second kappa shape index (κ2) is 9.08. The lowest BCUT2D eigenvalue weighted by atomic mass is 10.1. The lowest BCUT2D eigenvalue weighted by molar-refractivity contribution is -0.156. The molecule has 0 bridgehead atoms. The van der Waals surface area contributed by atoms with E-state index in [4.69, 9.17) is 25.1 Å². The fourth-order valence-electron chi connectivity index (χ4n) is 2.34. The van der Waals surface area contributed by atoms with E-state index in [-0.39, 0.29) is 12.8 Å². The molecule has 0 saturated heterocycles. The Morgan fingerprint density at radius 3 is 2.67 bits per heavy atom. The van der Waals surface area contributed by atoms with E-state index in [2.05, 4.69) is 4.74 Å². The van der Waals surface area contributed by atoms with Gasteiger partial charge in [0.15, 0.2) is 11.5 Å². The first kappa shape index (κ1) is 20.3. The van der Waals surface area contributed by atoms with Crippen LogP contribution < -0.4 is 15.2 Å². The van der Waals surface area contributed by atoms with Crippen LogP contribution in [0.15, 0.2) is 18.2 Å². The van der Waals surface area contributed by atoms with Gasteiger partial charge >= 0.3 is 18.0 Å². The van der Waals surface area contributed by atoms with Gasteiger partial charge in [-0.1, -0.05) is 6.07 Å². The van der Waals surface area contributed by atoms with Crippen molar-refractivity contribution >= 4 is 18.0 Å². The highest BCUT2D eigenvalue weighted by molar-refractivity contribution is 5.81. The number of carbonyl (C=O) groups is 3. The molecule has 10 nitrogen and oxygen atoms in total. The summed E-state index contributed by atoms with van der Waals surface area (Å²) in [5, 5.41) is 8.56. The summed E-state index contributed by atoms with van der Waals surface area (Å²) in [6.45, 7) is 1.38. The van der Waals surface area contributed by atoms with Gasteiger partial charge < -0.3 is 34.7 Å². The van der Waals surface area contributed by atoms with E-state index < -0.39 is 37.3 Å². The number of likely N-dealkylation sites (N-methyl/N-ethyl adjacent to an activating group) is 1. The zero-order chi connectivity index (χ0) is 20.0. The maximum atomic E-state index is 12.0. The van der Waals surface area contributed by atoms with Crippen LogP contribution in [-0.4, -0.2) is 60.8 Å². The Bertz CT molecular complexity index is 708. The normalized spacial score (nSPS) is 14.2. The molecule has 0 aromatic heterocycles. The van der Waals surface area contributed by atoms with Crippen LogP contribution in [-0.2, 0) is 25.5 Å². The van der Waals surface area contributed by atoms with Crippen LogP contribution in [0.2, 0.25) is 0 Å². The smallest absolute Gasteiger partial charge is 0.412 e. The molecule has 0 spiro atoms. The molecule has 2 atom stereocenters. The number of fused-ring (bicyclic) bond motifs is 1. The molecule has 0 radical (unpaired) electrons. The van der Waals surface area contributed by atoms with Gasteiger partial charge in [-0.05, 0) is 31.0 Å². The van der Waals surface area contributed by atoms with Gasteiger partial charge in [-0.3, -0.25) is 9.59 Å². The Morgan fingerprint density at radius 2 is 1.96 bits per heavy atom. The Morgan fingerprint density at radius 1 is 1.26 bits per heavy atom. The molecule has 0 fully saturated rings. The molecule has 0 saturated carbocycles. The van der Waals surface area contributed by atoms with E-state index in [9.17, 15) is 14.4 Å². The molecule has 2 rings (SSSR count). The summed E-state index contributed by atoms with van der Waals surface area (Å²) in [6.07, 6.45) is -0.715. The van der Waals surface area contributed by atoms with E-state index in [0.717, 1.165) is 5.56 Å². The summed E-state index contributed by atoms with van der Waals surface area (Å²) < 4.78 is 20.1. The number of ether oxygens (including phenoxy) is 4. The van der Waals surface area contributed by atoms with Crippen LogP contribution in [0.5, 0.6) is 11.5 Å². The fraction of sp³-hybridized carbons (Fsp3) is 0.471. The standard InChI is InChI=1S/C17H22N2O8/c1-10(5-11-3-4-13-14(6-11)25-8-24-13)19(2)17(23)27-9-26-16(22)12(18)7-15(20)21/h3-4,6,10,12H,5,7-9,18H2,1-2H3,(H,20,21). The Labute approximate surface area is 155 Å². The average molecular weight is 382 g/mol. The van der Waals surface area contributed by atoms with Gasteiger partial charge in [0.1, 0.15) is 6.04 Å². The summed E-state index contributed by atoms with van der Waals surface area (Å²) in [5.74, 6) is -0.841. The van der Waals surface area contributed by atoms with E-state index in [1.54, 1.807) is 7.05 Å². The van der Waals surface area contributed by atoms with Crippen molar-refractivity contribution in [2.24, 2.45) is 5.73 Å². The number of aliphatic carboxylic acids is 1. The molecule has 0 aliphatic carbocycles. The molecule has 1 amide bonds. The minimum atomic E-state index is -1.32. The third kappa shape index (κ3) is 5.74. The second-order valence-corrected chi connectivity index (χ2v) is 6.05. The summed E-state index contributed by atoms with van der Waals surface area (Å²) >= 11 is 0. The third-order valence-electron chi connectivity index (χ3n) is 4.00. The number of carboxylic acid groups (broad SMARTS) is 1. The number of benzene rings is 1. The first-order chi connectivity index (χ1) is 12.8. The van der Waals surface area contributed by atoms with Gasteiger partial charge in [0.25, 0.3) is 0 Å². The molecule has 3 N–H and O–H groups in total. The van der Waals surface area contributed by atoms with Crippen molar-refractivity contribution in [3.63, 3.8) is 0 Å². The van der Waals surface area contributed by atoms with E-state index >= 15 is 0 Å². The average Bonchev–Trinajstić information content (AvgIpc) is 3.07. The lowest BCUT2D eigenvalue weighted by Crippen LogP contribution is -2.38. The van der Waals surface area contributed by atoms with Crippen LogP contribution >= 0.6 is 0 Å². The lowest BCUT2D eigenvalue weighted by Gasteiger charge is -2.24. The van der Waals surface area contributed by atoms with Gasteiger partial charge in [0.05, 0.1) is 6.42 Å². The Kier molecular flexibility index (Phi) is 6.83. The third-order valence-corrected chi connectivity index (χ3v) is 4.00. The fourth-order valence-corrected chi connectivity index (χ4v) is 2.34. The van der Waals surface area contributed by atoms with Gasteiger partial charge in [0, 0.05) is 13.1 Å². The van der Waals surface area contributed by atoms with Crippen LogP contribution in [0, 0.1) is 0 Å². The first-order valence-corrected chi connectivity index (χ1v) is 8.20. The summed E-state index contributed by atoms with van der Waals surface area (Å²) in [7, 11) is 1.55. The predicted octanol–water partition coefficient (Wildman–Crippen LogP) is 0.717. The summed E-state index contributed by atoms with van der Waals surface area (Å²) in [5.41, 5.74) is 6.30. The number of hydrogen-bond donors (Lipinski definition) is 2. The van der Waals surface area contributed by atoms with Crippen molar-refractivity contribution in [1.82, 2.24) is 4.90 Å². The molecule has 1 aromatic rings. The van der Waals surface area contributed by atoms with Crippen molar-refractivity contribution in [1.29, 1.82) is 0 Å². The number of carboxylic acids is 1. The molecule has 10 heteroatoms. The van der Waals surface area contributed by atoms with Crippen LogP contribution in [0.25, 0.3) is 0 Å². The summed E-state index contributed by atoms with van der Waals surface area (Å²) in [6, 6.07) is 4.02. The maximum Gasteiger partial charge on any atom is 0.412 e. The first-order valence-electron chi connectivity index (χ1n) is 8.20. The zero-order valence-electron chi connectivity index (χ0n) is 15.0. The molecule has 1 aromatic carbocycles. The second-order valence-electron chi connectivity index (χ2n) is 6.05. The van der Waals surface area contributed by atoms with Crippen molar-refractivity contribution in [3.05, 3.63) is 23.8 Å². The molecule has 148 valence electrons. The van der Waals surface area contributed by atoms with Crippen molar-refractivity contribution in [3.8, 4) is 11.5 Å². The SMILES string of the molecule is CC(Cc1ccc2c(c1)OCO2)N(C)C(=O)OCOC(=O)C(N)CC(=O)O. The van der Waals surface area contributed by atoms with Gasteiger partial charge in [-0.25, -0.2) is 4.79 Å². The molecule has 1 aliphatic rings. The quantitative estimate of drug-likeness (QED) is 0.492. The molecule has 1 aliphatic heterocycles. The van der Waals surface area contributed by atoms with Crippen LogP contribution in [0.4, 0.5) is 4.79 Å². The minimum absolute atomic E-state index is 0.190. The highest BCUT2D eigenvalue weighted by atomic mass is 16.7. The van der Waals surface area contributed by atoms with E-state index in [1.807, 2.05) is 25.1 Å². The maximum absolute atomic E-state index is 12.0. The van der Waals surface area contributed by atoms with Gasteiger partial charge in [-0.15, -0.1) is 0 Å². The van der Waals surface area contributed by atoms with Gasteiger partial charge in [-0.2, -0.15) is 0 Å². The van der Waals surface area contributed by atoms with E-state index in [0.29, 0.717) is 17.9 Å². The topological polar surface area (TPSA) is 138 Å². The number of rotatable bonds is 8. The monoisotopic (exact) mass is 382 g/mol. The molecular weight excluding hydrogens is 360 g/mol. The van der Waals surface area contributed by atoms with Crippen molar-refractivity contribution < 1.29 is 38.4 Å². The van der Waals surface area contributed by atoms with Crippen molar-refractivity contribution in [2.45, 2.75) is 31.8 Å². The zero-order valence-corrected chi connectivity index (χ0v) is 15.0. The summed E-state index contributed by atoms with van der Waals surface area (Å²) in [4.78, 5) is 35.3. The number of hydrogen-bond acceptors (Lipinski definition) is 8. The Balaban J connectivity index is 1.77. The molecule has 27 heavy (non-hydrogen) atoms. The molecule has 2 unspecified atom stereocenters. The number of nitrogens with two attached hydrogens (primary N) is 1.